The fraction of sp³-hybridized carbons (Fsp3) is 0.0357. The third-order valence-corrected chi connectivity index (χ3v) is 6.98. The lowest BCUT2D eigenvalue weighted by Crippen LogP contribution is -2.30. The van der Waals surface area contributed by atoms with Gasteiger partial charge < -0.3 is 16.0 Å². The number of thiophene rings is 1. The molecule has 0 bridgehead atoms. The summed E-state index contributed by atoms with van der Waals surface area (Å²) in [7, 11) is 0. The molecule has 0 radical (unpaired) electrons. The number of carbonyl (C=O) groups is 3. The predicted octanol–water partition coefficient (Wildman–Crippen LogP) is 6.54. The fourth-order valence-electron chi connectivity index (χ4n) is 3.23. The Labute approximate surface area is 227 Å². The van der Waals surface area contributed by atoms with Gasteiger partial charge in [0.05, 0.1) is 5.75 Å². The Morgan fingerprint density at radius 2 is 1.59 bits per heavy atom. The highest BCUT2D eigenvalue weighted by molar-refractivity contribution is 8.00. The van der Waals surface area contributed by atoms with Gasteiger partial charge in [-0.3, -0.25) is 14.4 Å². The largest absolute Gasteiger partial charge is 0.325 e. The molecule has 0 aliphatic heterocycles. The van der Waals surface area contributed by atoms with Gasteiger partial charge >= 0.3 is 0 Å². The van der Waals surface area contributed by atoms with Crippen LogP contribution in [0.5, 0.6) is 0 Å². The molecule has 6 nitrogen and oxygen atoms in total. The van der Waals surface area contributed by atoms with Crippen LogP contribution >= 0.6 is 34.7 Å². The molecule has 0 atom stereocenters. The van der Waals surface area contributed by atoms with Gasteiger partial charge in [-0.25, -0.2) is 0 Å². The molecule has 3 aromatic carbocycles. The maximum Gasteiger partial charge on any atom is 0.272 e. The van der Waals surface area contributed by atoms with Crippen LogP contribution in [0.4, 0.5) is 11.4 Å². The number of carbonyl (C=O) groups excluding carboxylic acids is 3. The highest BCUT2D eigenvalue weighted by atomic mass is 35.5. The Hall–Kier alpha value is -3.85. The SMILES string of the molecule is O=C(CSc1cccc(NC(=O)/C(=C/c2cccs2)NC(=O)c2ccccc2)c1)Nc1cccc(Cl)c1. The lowest BCUT2D eigenvalue weighted by atomic mass is 10.2. The number of halogens is 1. The van der Waals surface area contributed by atoms with Crippen LogP contribution in [0, 0.1) is 0 Å². The molecule has 0 aliphatic carbocycles. The maximum absolute atomic E-state index is 13.1. The van der Waals surface area contributed by atoms with E-state index in [9.17, 15) is 14.4 Å². The van der Waals surface area contributed by atoms with Gasteiger partial charge in [-0.2, -0.15) is 0 Å². The average molecular weight is 548 g/mol. The van der Waals surface area contributed by atoms with Gasteiger partial charge in [0, 0.05) is 31.7 Å². The van der Waals surface area contributed by atoms with Crippen molar-refractivity contribution in [2.24, 2.45) is 0 Å². The summed E-state index contributed by atoms with van der Waals surface area (Å²) in [4.78, 5) is 39.8. The normalized spacial score (nSPS) is 11.0. The van der Waals surface area contributed by atoms with Crippen LogP contribution in [0.25, 0.3) is 6.08 Å². The Morgan fingerprint density at radius 1 is 0.838 bits per heavy atom. The van der Waals surface area contributed by atoms with Crippen molar-refractivity contribution in [2.45, 2.75) is 4.90 Å². The van der Waals surface area contributed by atoms with Crippen molar-refractivity contribution >= 4 is 69.9 Å². The van der Waals surface area contributed by atoms with Gasteiger partial charge in [0.1, 0.15) is 5.70 Å². The second-order valence-electron chi connectivity index (χ2n) is 7.72. The van der Waals surface area contributed by atoms with Gasteiger partial charge in [0.25, 0.3) is 11.8 Å². The first-order valence-electron chi connectivity index (χ1n) is 11.2. The predicted molar refractivity (Wildman–Crippen MR) is 152 cm³/mol. The maximum atomic E-state index is 13.1. The highest BCUT2D eigenvalue weighted by Crippen LogP contribution is 2.23. The van der Waals surface area contributed by atoms with E-state index in [1.165, 1.54) is 23.1 Å². The molecule has 186 valence electrons. The standard InChI is InChI=1S/C28H22ClN3O3S2/c29-20-9-4-10-21(15-20)30-26(33)18-37-23-12-5-11-22(16-23)31-28(35)25(17-24-13-6-14-36-24)32-27(34)19-7-2-1-3-8-19/h1-17H,18H2,(H,30,33)(H,31,35)(H,32,34)/b25-17-. The molecular formula is C28H22ClN3O3S2. The second-order valence-corrected chi connectivity index (χ2v) is 10.2. The van der Waals surface area contributed by atoms with Crippen molar-refractivity contribution in [2.75, 3.05) is 16.4 Å². The minimum absolute atomic E-state index is 0.121. The van der Waals surface area contributed by atoms with Gasteiger partial charge in [-0.05, 0) is 66.1 Å². The van der Waals surface area contributed by atoms with Crippen molar-refractivity contribution in [3.8, 4) is 0 Å². The van der Waals surface area contributed by atoms with Crippen LogP contribution in [0.1, 0.15) is 15.2 Å². The number of amides is 3. The zero-order valence-corrected chi connectivity index (χ0v) is 21.8. The van der Waals surface area contributed by atoms with Crippen molar-refractivity contribution < 1.29 is 14.4 Å². The molecule has 4 rings (SSSR count). The molecule has 4 aromatic rings. The lowest BCUT2D eigenvalue weighted by Gasteiger charge is -2.12. The number of benzene rings is 3. The second kappa shape index (κ2) is 12.9. The molecule has 3 amide bonds. The van der Waals surface area contributed by atoms with Crippen LogP contribution in [0.2, 0.25) is 5.02 Å². The molecule has 0 saturated carbocycles. The smallest absolute Gasteiger partial charge is 0.272 e. The molecule has 0 saturated heterocycles. The van der Waals surface area contributed by atoms with E-state index in [0.29, 0.717) is 22.0 Å². The summed E-state index contributed by atoms with van der Waals surface area (Å²) >= 11 is 8.75. The number of anilines is 2. The minimum atomic E-state index is -0.460. The number of nitrogens with one attached hydrogen (secondary N) is 3. The minimum Gasteiger partial charge on any atom is -0.325 e. The molecule has 0 aliphatic rings. The number of thioether (sulfide) groups is 1. The molecule has 1 heterocycles. The first-order chi connectivity index (χ1) is 18.0. The van der Waals surface area contributed by atoms with Crippen molar-refractivity contribution in [3.63, 3.8) is 0 Å². The number of hydrogen-bond acceptors (Lipinski definition) is 5. The summed E-state index contributed by atoms with van der Waals surface area (Å²) in [6.07, 6.45) is 1.64. The summed E-state index contributed by atoms with van der Waals surface area (Å²) in [6.45, 7) is 0. The molecule has 0 spiro atoms. The van der Waals surface area contributed by atoms with Crippen LogP contribution in [-0.2, 0) is 9.59 Å². The van der Waals surface area contributed by atoms with E-state index in [-0.39, 0.29) is 23.3 Å². The topological polar surface area (TPSA) is 87.3 Å². The monoisotopic (exact) mass is 547 g/mol. The first-order valence-corrected chi connectivity index (χ1v) is 13.4. The van der Waals surface area contributed by atoms with Crippen LogP contribution < -0.4 is 16.0 Å². The lowest BCUT2D eigenvalue weighted by molar-refractivity contribution is -0.114. The van der Waals surface area contributed by atoms with Crippen molar-refractivity contribution in [1.29, 1.82) is 0 Å². The number of hydrogen-bond donors (Lipinski definition) is 3. The van der Waals surface area contributed by atoms with Gasteiger partial charge in [0.2, 0.25) is 5.91 Å². The summed E-state index contributed by atoms with van der Waals surface area (Å²) in [5.41, 5.74) is 1.73. The first kappa shape index (κ1) is 26.2. The molecule has 0 fully saturated rings. The quantitative estimate of drug-likeness (QED) is 0.164. The molecule has 1 aromatic heterocycles. The third kappa shape index (κ3) is 8.08. The van der Waals surface area contributed by atoms with E-state index in [1.807, 2.05) is 29.6 Å². The zero-order chi connectivity index (χ0) is 26.0. The molecule has 3 N–H and O–H groups in total. The van der Waals surface area contributed by atoms with E-state index in [4.69, 9.17) is 11.6 Å². The van der Waals surface area contributed by atoms with Crippen LogP contribution in [0.15, 0.2) is 107 Å². The summed E-state index contributed by atoms with van der Waals surface area (Å²) in [6, 6.07) is 26.5. The highest BCUT2D eigenvalue weighted by Gasteiger charge is 2.15. The number of rotatable bonds is 9. The zero-order valence-electron chi connectivity index (χ0n) is 19.4. The molecule has 37 heavy (non-hydrogen) atoms. The van der Waals surface area contributed by atoms with Crippen molar-refractivity contribution in [1.82, 2.24) is 5.32 Å². The van der Waals surface area contributed by atoms with Gasteiger partial charge in [-0.1, -0.05) is 48.0 Å². The molecule has 0 unspecified atom stereocenters. The Balaban J connectivity index is 1.41. The Kier molecular flexibility index (Phi) is 9.15. The van der Waals surface area contributed by atoms with Gasteiger partial charge in [-0.15, -0.1) is 23.1 Å². The molecule has 9 heteroatoms. The third-order valence-electron chi connectivity index (χ3n) is 4.93. The van der Waals surface area contributed by atoms with Crippen LogP contribution in [-0.4, -0.2) is 23.5 Å². The Morgan fingerprint density at radius 3 is 2.32 bits per heavy atom. The van der Waals surface area contributed by atoms with E-state index in [2.05, 4.69) is 16.0 Å². The van der Waals surface area contributed by atoms with Crippen LogP contribution in [0.3, 0.4) is 0 Å². The fourth-order valence-corrected chi connectivity index (χ4v) is 4.83. The van der Waals surface area contributed by atoms with E-state index in [1.54, 1.807) is 72.8 Å². The summed E-state index contributed by atoms with van der Waals surface area (Å²) < 4.78 is 0. The van der Waals surface area contributed by atoms with Crippen molar-refractivity contribution in [3.05, 3.63) is 118 Å². The van der Waals surface area contributed by atoms with E-state index in [0.717, 1.165) is 9.77 Å². The van der Waals surface area contributed by atoms with E-state index < -0.39 is 5.91 Å². The average Bonchev–Trinajstić information content (AvgIpc) is 3.41. The van der Waals surface area contributed by atoms with Gasteiger partial charge in [0.15, 0.2) is 0 Å². The molecular weight excluding hydrogens is 526 g/mol. The van der Waals surface area contributed by atoms with E-state index >= 15 is 0 Å². The summed E-state index contributed by atoms with van der Waals surface area (Å²) in [5.74, 6) is -0.834. The summed E-state index contributed by atoms with van der Waals surface area (Å²) in [5, 5.41) is 10.8. The Bertz CT molecular complexity index is 1420.